The number of hydrogen-bond donors (Lipinski definition) is 1. The Hall–Kier alpha value is -0.150. The van der Waals surface area contributed by atoms with Gasteiger partial charge in [-0.15, -0.1) is 0 Å². The molecular weight excluding hydrogens is 293 g/mol. The SMILES string of the molecule is CCCCOC(Nc1ccc(C)cc1)C(Cl)(Cl)Cl. The second-order valence-corrected chi connectivity index (χ2v) is 6.53. The molecule has 0 radical (unpaired) electrons. The number of anilines is 1. The number of aryl methyl sites for hydroxylation is 1. The molecule has 0 bridgehead atoms. The topological polar surface area (TPSA) is 21.3 Å². The Morgan fingerprint density at radius 3 is 2.33 bits per heavy atom. The highest BCUT2D eigenvalue weighted by Gasteiger charge is 2.33. The number of benzene rings is 1. The van der Waals surface area contributed by atoms with E-state index in [0.29, 0.717) is 6.61 Å². The molecule has 1 unspecified atom stereocenters. The van der Waals surface area contributed by atoms with Crippen LogP contribution in [0.15, 0.2) is 24.3 Å². The first-order valence-corrected chi connectivity index (χ1v) is 7.08. The van der Waals surface area contributed by atoms with E-state index in [4.69, 9.17) is 39.5 Å². The average molecular weight is 311 g/mol. The highest BCUT2D eigenvalue weighted by molar-refractivity contribution is 6.68. The molecule has 1 N–H and O–H groups in total. The van der Waals surface area contributed by atoms with Crippen LogP contribution in [-0.4, -0.2) is 16.6 Å². The zero-order chi connectivity index (χ0) is 13.6. The number of ether oxygens (including phenoxy) is 1. The van der Waals surface area contributed by atoms with E-state index in [0.717, 1.165) is 18.5 Å². The smallest absolute Gasteiger partial charge is 0.234 e. The van der Waals surface area contributed by atoms with E-state index in [9.17, 15) is 0 Å². The van der Waals surface area contributed by atoms with Crippen LogP contribution in [0.5, 0.6) is 0 Å². The quantitative estimate of drug-likeness (QED) is 0.457. The van der Waals surface area contributed by atoms with Crippen molar-refractivity contribution < 1.29 is 4.74 Å². The fraction of sp³-hybridized carbons (Fsp3) is 0.538. The number of alkyl halides is 3. The first kappa shape index (κ1) is 15.9. The first-order valence-electron chi connectivity index (χ1n) is 5.95. The molecular formula is C13H18Cl3NO. The molecule has 1 aromatic rings. The number of nitrogens with one attached hydrogen (secondary N) is 1. The van der Waals surface area contributed by atoms with E-state index >= 15 is 0 Å². The molecule has 0 fully saturated rings. The minimum Gasteiger partial charge on any atom is -0.357 e. The van der Waals surface area contributed by atoms with Crippen molar-refractivity contribution in [2.75, 3.05) is 11.9 Å². The molecule has 0 amide bonds. The van der Waals surface area contributed by atoms with Crippen LogP contribution in [0.4, 0.5) is 5.69 Å². The van der Waals surface area contributed by atoms with Gasteiger partial charge in [-0.1, -0.05) is 65.8 Å². The highest BCUT2D eigenvalue weighted by atomic mass is 35.6. The largest absolute Gasteiger partial charge is 0.357 e. The Bertz CT molecular complexity index is 348. The summed E-state index contributed by atoms with van der Waals surface area (Å²) in [5, 5.41) is 3.09. The number of halogens is 3. The highest BCUT2D eigenvalue weighted by Crippen LogP contribution is 2.33. The predicted molar refractivity (Wildman–Crippen MR) is 79.7 cm³/mol. The lowest BCUT2D eigenvalue weighted by Gasteiger charge is -2.26. The fourth-order valence-electron chi connectivity index (χ4n) is 1.36. The minimum atomic E-state index is -1.50. The van der Waals surface area contributed by atoms with Crippen LogP contribution in [0.1, 0.15) is 25.3 Å². The van der Waals surface area contributed by atoms with Crippen LogP contribution in [0.3, 0.4) is 0 Å². The monoisotopic (exact) mass is 309 g/mol. The Balaban J connectivity index is 2.63. The molecule has 5 heteroatoms. The molecule has 0 aliphatic rings. The van der Waals surface area contributed by atoms with Gasteiger partial charge in [0.1, 0.15) is 0 Å². The fourth-order valence-corrected chi connectivity index (χ4v) is 1.72. The Labute approximate surface area is 124 Å². The second kappa shape index (κ2) is 7.44. The van der Waals surface area contributed by atoms with Gasteiger partial charge < -0.3 is 10.1 Å². The molecule has 102 valence electrons. The van der Waals surface area contributed by atoms with E-state index in [1.54, 1.807) is 0 Å². The number of unbranched alkanes of at least 4 members (excludes halogenated alkanes) is 1. The third kappa shape index (κ3) is 5.66. The zero-order valence-electron chi connectivity index (χ0n) is 10.6. The van der Waals surface area contributed by atoms with E-state index in [-0.39, 0.29) is 0 Å². The maximum Gasteiger partial charge on any atom is 0.234 e. The number of hydrogen-bond acceptors (Lipinski definition) is 2. The van der Waals surface area contributed by atoms with Gasteiger partial charge in [0, 0.05) is 12.3 Å². The van der Waals surface area contributed by atoms with E-state index in [2.05, 4.69) is 12.2 Å². The lowest BCUT2D eigenvalue weighted by molar-refractivity contribution is 0.0727. The van der Waals surface area contributed by atoms with Gasteiger partial charge in [-0.25, -0.2) is 0 Å². The molecule has 0 aliphatic heterocycles. The standard InChI is InChI=1S/C13H18Cl3NO/c1-3-4-9-18-12(13(14,15)16)17-11-7-5-10(2)6-8-11/h5-8,12,17H,3-4,9H2,1-2H3. The van der Waals surface area contributed by atoms with E-state index in [1.165, 1.54) is 5.56 Å². The summed E-state index contributed by atoms with van der Waals surface area (Å²) in [6, 6.07) is 7.84. The van der Waals surface area contributed by atoms with E-state index in [1.807, 2.05) is 31.2 Å². The normalized spacial score (nSPS) is 13.4. The zero-order valence-corrected chi connectivity index (χ0v) is 12.8. The van der Waals surface area contributed by atoms with Crippen LogP contribution in [0, 0.1) is 6.92 Å². The van der Waals surface area contributed by atoms with Crippen molar-refractivity contribution in [3.8, 4) is 0 Å². The van der Waals surface area contributed by atoms with Crippen molar-refractivity contribution in [1.29, 1.82) is 0 Å². The molecule has 0 saturated carbocycles. The van der Waals surface area contributed by atoms with Crippen LogP contribution < -0.4 is 5.32 Å². The lowest BCUT2D eigenvalue weighted by atomic mass is 10.2. The predicted octanol–water partition coefficient (Wildman–Crippen LogP) is 4.92. The van der Waals surface area contributed by atoms with Crippen molar-refractivity contribution >= 4 is 40.5 Å². The van der Waals surface area contributed by atoms with Gasteiger partial charge in [-0.05, 0) is 25.5 Å². The van der Waals surface area contributed by atoms with Crippen LogP contribution in [0.25, 0.3) is 0 Å². The first-order chi connectivity index (χ1) is 8.43. The summed E-state index contributed by atoms with van der Waals surface area (Å²) in [6.07, 6.45) is 1.32. The van der Waals surface area contributed by atoms with Gasteiger partial charge in [-0.3, -0.25) is 0 Å². The van der Waals surface area contributed by atoms with Gasteiger partial charge in [0.25, 0.3) is 0 Å². The van der Waals surface area contributed by atoms with Crippen LogP contribution in [0.2, 0.25) is 0 Å². The third-order valence-electron chi connectivity index (χ3n) is 2.43. The lowest BCUT2D eigenvalue weighted by Crippen LogP contribution is -2.36. The maximum atomic E-state index is 5.90. The van der Waals surface area contributed by atoms with Crippen LogP contribution >= 0.6 is 34.8 Å². The van der Waals surface area contributed by atoms with Gasteiger partial charge >= 0.3 is 0 Å². The molecule has 18 heavy (non-hydrogen) atoms. The Morgan fingerprint density at radius 1 is 1.22 bits per heavy atom. The summed E-state index contributed by atoms with van der Waals surface area (Å²) in [5.74, 6) is 0. The number of rotatable bonds is 6. The molecule has 0 aromatic heterocycles. The molecule has 1 aromatic carbocycles. The summed E-state index contributed by atoms with van der Waals surface area (Å²) in [4.78, 5) is 0. The molecule has 0 heterocycles. The molecule has 1 rings (SSSR count). The van der Waals surface area contributed by atoms with Crippen molar-refractivity contribution in [3.05, 3.63) is 29.8 Å². The van der Waals surface area contributed by atoms with Gasteiger partial charge in [0.05, 0.1) is 0 Å². The van der Waals surface area contributed by atoms with E-state index < -0.39 is 10.0 Å². The van der Waals surface area contributed by atoms with Crippen molar-refractivity contribution in [3.63, 3.8) is 0 Å². The molecule has 1 atom stereocenters. The Morgan fingerprint density at radius 2 is 1.83 bits per heavy atom. The Kier molecular flexibility index (Phi) is 6.58. The summed E-state index contributed by atoms with van der Waals surface area (Å²) in [5.41, 5.74) is 2.05. The molecule has 2 nitrogen and oxygen atoms in total. The average Bonchev–Trinajstić information content (AvgIpc) is 2.29. The summed E-state index contributed by atoms with van der Waals surface area (Å²) < 4.78 is 4.07. The maximum absolute atomic E-state index is 5.90. The van der Waals surface area contributed by atoms with Gasteiger partial charge in [-0.2, -0.15) is 0 Å². The van der Waals surface area contributed by atoms with Crippen LogP contribution in [-0.2, 0) is 4.74 Å². The second-order valence-electron chi connectivity index (χ2n) is 4.16. The molecule has 0 aliphatic carbocycles. The van der Waals surface area contributed by atoms with Gasteiger partial charge in [0.2, 0.25) is 3.79 Å². The third-order valence-corrected chi connectivity index (χ3v) is 3.02. The van der Waals surface area contributed by atoms with Gasteiger partial charge in [0.15, 0.2) is 6.23 Å². The van der Waals surface area contributed by atoms with Crippen molar-refractivity contribution in [2.45, 2.75) is 36.7 Å². The summed E-state index contributed by atoms with van der Waals surface area (Å²) in [6.45, 7) is 4.67. The summed E-state index contributed by atoms with van der Waals surface area (Å²) in [7, 11) is 0. The minimum absolute atomic E-state index is 0.563. The summed E-state index contributed by atoms with van der Waals surface area (Å²) >= 11 is 17.7. The molecule has 0 saturated heterocycles. The van der Waals surface area contributed by atoms with Crippen molar-refractivity contribution in [1.82, 2.24) is 0 Å². The molecule has 0 spiro atoms. The van der Waals surface area contributed by atoms with Crippen molar-refractivity contribution in [2.24, 2.45) is 0 Å².